The van der Waals surface area contributed by atoms with Crippen LogP contribution in [0.15, 0.2) is 0 Å². The smallest absolute Gasteiger partial charge is 0.220 e. The molecule has 2 aliphatic heterocycles. The summed E-state index contributed by atoms with van der Waals surface area (Å²) in [6, 6.07) is 0.230. The number of nitrogens with zero attached hydrogens (tertiary/aromatic N) is 1. The second-order valence-corrected chi connectivity index (χ2v) is 6.11. The lowest BCUT2D eigenvalue weighted by Gasteiger charge is -2.29. The van der Waals surface area contributed by atoms with E-state index in [1.807, 2.05) is 0 Å². The van der Waals surface area contributed by atoms with Gasteiger partial charge in [-0.2, -0.15) is 0 Å². The molecule has 0 radical (unpaired) electrons. The normalized spacial score (nSPS) is 21.3. The van der Waals surface area contributed by atoms with Crippen LogP contribution in [0.2, 0.25) is 0 Å². The van der Waals surface area contributed by atoms with Crippen LogP contribution in [0.4, 0.5) is 0 Å². The van der Waals surface area contributed by atoms with E-state index in [-0.39, 0.29) is 36.8 Å². The van der Waals surface area contributed by atoms with Crippen molar-refractivity contribution in [2.45, 2.75) is 38.6 Å². The Hall–Kier alpha value is -0.0700. The van der Waals surface area contributed by atoms with Gasteiger partial charge in [0.2, 0.25) is 5.91 Å². The molecule has 2 N–H and O–H groups in total. The molecule has 2 aliphatic rings. The summed E-state index contributed by atoms with van der Waals surface area (Å²) in [6.07, 6.45) is 4.16. The third-order valence-corrected chi connectivity index (χ3v) is 4.28. The number of carbonyl (C=O) groups is 1. The maximum atomic E-state index is 12.0. The molecule has 132 valence electrons. The second-order valence-electron chi connectivity index (χ2n) is 6.11. The zero-order valence-corrected chi connectivity index (χ0v) is 15.1. The quantitative estimate of drug-likeness (QED) is 0.756. The molecule has 2 heterocycles. The third-order valence-electron chi connectivity index (χ3n) is 4.28. The molecule has 0 bridgehead atoms. The van der Waals surface area contributed by atoms with Crippen molar-refractivity contribution >= 4 is 30.7 Å². The van der Waals surface area contributed by atoms with E-state index in [9.17, 15) is 4.79 Å². The number of ether oxygens (including phenoxy) is 1. The molecule has 0 aromatic heterocycles. The molecule has 22 heavy (non-hydrogen) atoms. The molecule has 0 aromatic rings. The number of morpholine rings is 1. The van der Waals surface area contributed by atoms with Crippen LogP contribution in [-0.2, 0) is 9.53 Å². The lowest BCUT2D eigenvalue weighted by Crippen LogP contribution is -2.46. The molecule has 2 saturated heterocycles. The lowest BCUT2D eigenvalue weighted by molar-refractivity contribution is -0.122. The maximum Gasteiger partial charge on any atom is 0.220 e. The van der Waals surface area contributed by atoms with Crippen LogP contribution >= 0.6 is 24.8 Å². The van der Waals surface area contributed by atoms with Crippen LogP contribution in [0.5, 0.6) is 0 Å². The first-order chi connectivity index (χ1) is 9.74. The Labute approximate surface area is 146 Å². The molecule has 0 aliphatic carbocycles. The van der Waals surface area contributed by atoms with Crippen molar-refractivity contribution in [3.05, 3.63) is 0 Å². The molecule has 2 fully saturated rings. The van der Waals surface area contributed by atoms with E-state index in [0.29, 0.717) is 6.42 Å². The van der Waals surface area contributed by atoms with Crippen molar-refractivity contribution in [2.24, 2.45) is 5.92 Å². The fraction of sp³-hybridized carbons (Fsp3) is 0.933. The van der Waals surface area contributed by atoms with Gasteiger partial charge in [0, 0.05) is 32.1 Å². The largest absolute Gasteiger partial charge is 0.379 e. The van der Waals surface area contributed by atoms with Gasteiger partial charge in [-0.25, -0.2) is 0 Å². The minimum Gasteiger partial charge on any atom is -0.379 e. The monoisotopic (exact) mass is 355 g/mol. The van der Waals surface area contributed by atoms with Crippen LogP contribution in [0.25, 0.3) is 0 Å². The molecule has 1 amide bonds. The Bertz CT molecular complexity index is 297. The predicted molar refractivity (Wildman–Crippen MR) is 94.2 cm³/mol. The zero-order valence-electron chi connectivity index (χ0n) is 13.5. The van der Waals surface area contributed by atoms with Gasteiger partial charge in [0.15, 0.2) is 0 Å². The molecule has 0 aromatic carbocycles. The van der Waals surface area contributed by atoms with Gasteiger partial charge in [-0.3, -0.25) is 9.69 Å². The summed E-state index contributed by atoms with van der Waals surface area (Å²) in [5.41, 5.74) is 0. The molecule has 7 heteroatoms. The fourth-order valence-corrected chi connectivity index (χ4v) is 3.07. The highest BCUT2D eigenvalue weighted by molar-refractivity contribution is 5.85. The number of hydrogen-bond acceptors (Lipinski definition) is 4. The fourth-order valence-electron chi connectivity index (χ4n) is 3.07. The van der Waals surface area contributed by atoms with Gasteiger partial charge in [0.05, 0.1) is 13.2 Å². The molecule has 0 spiro atoms. The lowest BCUT2D eigenvalue weighted by atomic mass is 9.93. The topological polar surface area (TPSA) is 53.6 Å². The number of halogens is 2. The Morgan fingerprint density at radius 3 is 2.55 bits per heavy atom. The second kappa shape index (κ2) is 12.4. The van der Waals surface area contributed by atoms with Crippen molar-refractivity contribution in [1.82, 2.24) is 15.5 Å². The van der Waals surface area contributed by atoms with Crippen molar-refractivity contribution < 1.29 is 9.53 Å². The Morgan fingerprint density at radius 1 is 1.27 bits per heavy atom. The van der Waals surface area contributed by atoms with Crippen molar-refractivity contribution in [3.63, 3.8) is 0 Å². The van der Waals surface area contributed by atoms with Crippen LogP contribution in [0.3, 0.4) is 0 Å². The molecule has 1 unspecified atom stereocenters. The molecule has 5 nitrogen and oxygen atoms in total. The third kappa shape index (κ3) is 8.53. The number of rotatable bonds is 6. The predicted octanol–water partition coefficient (Wildman–Crippen LogP) is 1.45. The van der Waals surface area contributed by atoms with E-state index >= 15 is 0 Å². The molecule has 2 rings (SSSR count). The van der Waals surface area contributed by atoms with Crippen LogP contribution < -0.4 is 10.6 Å². The minimum absolute atomic E-state index is 0. The Kier molecular flexibility index (Phi) is 12.3. The van der Waals surface area contributed by atoms with E-state index in [2.05, 4.69) is 22.5 Å². The highest BCUT2D eigenvalue weighted by atomic mass is 35.5. The van der Waals surface area contributed by atoms with E-state index in [4.69, 9.17) is 4.74 Å². The number of carbonyl (C=O) groups excluding carboxylic acids is 1. The first-order valence-corrected chi connectivity index (χ1v) is 8.04. The van der Waals surface area contributed by atoms with Gasteiger partial charge in [0.1, 0.15) is 0 Å². The van der Waals surface area contributed by atoms with Crippen LogP contribution in [0, 0.1) is 5.92 Å². The highest BCUT2D eigenvalue weighted by Crippen LogP contribution is 2.17. The van der Waals surface area contributed by atoms with Gasteiger partial charge in [-0.05, 0) is 45.2 Å². The van der Waals surface area contributed by atoms with Gasteiger partial charge >= 0.3 is 0 Å². The number of amides is 1. The Morgan fingerprint density at radius 2 is 1.91 bits per heavy atom. The van der Waals surface area contributed by atoms with E-state index in [1.165, 1.54) is 12.8 Å². The van der Waals surface area contributed by atoms with E-state index in [1.54, 1.807) is 0 Å². The molecular weight excluding hydrogens is 325 g/mol. The van der Waals surface area contributed by atoms with Crippen LogP contribution in [-0.4, -0.2) is 62.8 Å². The summed E-state index contributed by atoms with van der Waals surface area (Å²) in [5.74, 6) is 0.945. The SMILES string of the molecule is CC(CN1CCOCC1)NC(=O)CCC1CCNCC1.Cl.Cl. The van der Waals surface area contributed by atoms with E-state index in [0.717, 1.165) is 58.3 Å². The van der Waals surface area contributed by atoms with Crippen molar-refractivity contribution in [2.75, 3.05) is 45.9 Å². The highest BCUT2D eigenvalue weighted by Gasteiger charge is 2.17. The Balaban J connectivity index is 0.00000220. The summed E-state index contributed by atoms with van der Waals surface area (Å²) in [5, 5.41) is 6.49. The summed E-state index contributed by atoms with van der Waals surface area (Å²) in [4.78, 5) is 14.3. The standard InChI is InChI=1S/C15H29N3O2.2ClH/c1-13(12-18-8-10-20-11-9-18)17-15(19)3-2-14-4-6-16-7-5-14;;/h13-14,16H,2-12H2,1H3,(H,17,19);2*1H. The summed E-state index contributed by atoms with van der Waals surface area (Å²) in [6.45, 7) is 8.84. The van der Waals surface area contributed by atoms with Crippen molar-refractivity contribution in [3.8, 4) is 0 Å². The van der Waals surface area contributed by atoms with Crippen LogP contribution in [0.1, 0.15) is 32.6 Å². The van der Waals surface area contributed by atoms with Gasteiger partial charge < -0.3 is 15.4 Å². The first kappa shape index (κ1) is 21.9. The van der Waals surface area contributed by atoms with Gasteiger partial charge in [0.25, 0.3) is 0 Å². The number of piperidine rings is 1. The van der Waals surface area contributed by atoms with E-state index < -0.39 is 0 Å². The zero-order chi connectivity index (χ0) is 14.2. The maximum absolute atomic E-state index is 12.0. The minimum atomic E-state index is 0. The first-order valence-electron chi connectivity index (χ1n) is 8.04. The average Bonchev–Trinajstić information content (AvgIpc) is 2.47. The number of nitrogens with one attached hydrogen (secondary N) is 2. The average molecular weight is 356 g/mol. The summed E-state index contributed by atoms with van der Waals surface area (Å²) in [7, 11) is 0. The summed E-state index contributed by atoms with van der Waals surface area (Å²) >= 11 is 0. The molecule has 1 atom stereocenters. The molecular formula is C15H31Cl2N3O2. The molecule has 0 saturated carbocycles. The summed E-state index contributed by atoms with van der Waals surface area (Å²) < 4.78 is 5.33. The van der Waals surface area contributed by atoms with Crippen molar-refractivity contribution in [1.29, 1.82) is 0 Å². The van der Waals surface area contributed by atoms with Gasteiger partial charge in [-0.1, -0.05) is 0 Å². The number of hydrogen-bond donors (Lipinski definition) is 2. The van der Waals surface area contributed by atoms with Gasteiger partial charge in [-0.15, -0.1) is 24.8 Å².